The van der Waals surface area contributed by atoms with Crippen molar-refractivity contribution in [3.63, 3.8) is 0 Å². The maximum Gasteiger partial charge on any atom is 0.0691 e. The Balaban J connectivity index is 2.03. The molecule has 0 aliphatic heterocycles. The van der Waals surface area contributed by atoms with Crippen molar-refractivity contribution in [2.24, 2.45) is 11.8 Å². The molecule has 0 aromatic rings. The van der Waals surface area contributed by atoms with E-state index in [9.17, 15) is 5.11 Å². The van der Waals surface area contributed by atoms with Crippen molar-refractivity contribution in [3.8, 4) is 0 Å². The number of aliphatic hydroxyl groups is 1. The van der Waals surface area contributed by atoms with Crippen molar-refractivity contribution in [3.05, 3.63) is 12.2 Å². The molecule has 4 atom stereocenters. The summed E-state index contributed by atoms with van der Waals surface area (Å²) in [5.74, 6) is 0.650. The van der Waals surface area contributed by atoms with Crippen LogP contribution in [0.1, 0.15) is 13.3 Å². The van der Waals surface area contributed by atoms with E-state index in [1.54, 1.807) is 0 Å². The first-order valence-electron chi connectivity index (χ1n) is 4.31. The van der Waals surface area contributed by atoms with Gasteiger partial charge < -0.3 is 9.84 Å². The van der Waals surface area contributed by atoms with Crippen molar-refractivity contribution in [1.29, 1.82) is 0 Å². The largest absolute Gasteiger partial charge is 0.392 e. The summed E-state index contributed by atoms with van der Waals surface area (Å²) in [6.07, 6.45) is 5.34. The molecule has 0 aromatic carbocycles. The van der Waals surface area contributed by atoms with Crippen LogP contribution in [0.15, 0.2) is 12.2 Å². The predicted molar refractivity (Wildman–Crippen MR) is 42.2 cm³/mol. The Labute approximate surface area is 66.9 Å². The lowest BCUT2D eigenvalue weighted by Gasteiger charge is -2.17. The Morgan fingerprint density at radius 1 is 1.55 bits per heavy atom. The van der Waals surface area contributed by atoms with Crippen LogP contribution in [0.25, 0.3) is 0 Å². The first-order chi connectivity index (χ1) is 5.33. The van der Waals surface area contributed by atoms with E-state index < -0.39 is 0 Å². The van der Waals surface area contributed by atoms with Gasteiger partial charge in [-0.2, -0.15) is 0 Å². The summed E-state index contributed by atoms with van der Waals surface area (Å²) in [7, 11) is 0. The van der Waals surface area contributed by atoms with Crippen LogP contribution >= 0.6 is 0 Å². The van der Waals surface area contributed by atoms with Gasteiger partial charge in [0.1, 0.15) is 0 Å². The molecule has 0 radical (unpaired) electrons. The fraction of sp³-hybridized carbons (Fsp3) is 0.778. The topological polar surface area (TPSA) is 29.5 Å². The highest BCUT2D eigenvalue weighted by atomic mass is 16.5. The van der Waals surface area contributed by atoms with Gasteiger partial charge in [0.05, 0.1) is 12.2 Å². The van der Waals surface area contributed by atoms with Crippen molar-refractivity contribution in [2.75, 3.05) is 6.61 Å². The zero-order valence-corrected chi connectivity index (χ0v) is 6.73. The van der Waals surface area contributed by atoms with Crippen LogP contribution in [0.4, 0.5) is 0 Å². The molecule has 2 heteroatoms. The summed E-state index contributed by atoms with van der Waals surface area (Å²) in [6.45, 7) is 2.76. The highest BCUT2D eigenvalue weighted by Gasteiger charge is 2.44. The molecule has 1 N–H and O–H groups in total. The second kappa shape index (κ2) is 2.61. The van der Waals surface area contributed by atoms with Gasteiger partial charge in [0.2, 0.25) is 0 Å². The van der Waals surface area contributed by atoms with Crippen LogP contribution in [0, 0.1) is 11.8 Å². The average Bonchev–Trinajstić information content (AvgIpc) is 2.47. The Morgan fingerprint density at radius 3 is 2.82 bits per heavy atom. The lowest BCUT2D eigenvalue weighted by molar-refractivity contribution is 0.0277. The molecule has 2 aliphatic carbocycles. The third kappa shape index (κ3) is 1.01. The van der Waals surface area contributed by atoms with Gasteiger partial charge in [-0.15, -0.1) is 0 Å². The molecule has 0 saturated heterocycles. The maximum atomic E-state index is 9.58. The second-order valence-electron chi connectivity index (χ2n) is 3.35. The minimum atomic E-state index is -0.161. The Hall–Kier alpha value is -0.340. The summed E-state index contributed by atoms with van der Waals surface area (Å²) >= 11 is 0. The first kappa shape index (κ1) is 7.32. The predicted octanol–water partition coefficient (Wildman–Crippen LogP) is 0.958. The summed E-state index contributed by atoms with van der Waals surface area (Å²) < 4.78 is 5.50. The average molecular weight is 154 g/mol. The number of fused-ring (bicyclic) bond motifs is 2. The highest BCUT2D eigenvalue weighted by molar-refractivity contribution is 5.16. The van der Waals surface area contributed by atoms with E-state index in [0.717, 1.165) is 13.0 Å². The van der Waals surface area contributed by atoms with Crippen LogP contribution in [-0.4, -0.2) is 23.9 Å². The molecule has 0 amide bonds. The number of hydrogen-bond acceptors (Lipinski definition) is 2. The molecule has 4 unspecified atom stereocenters. The standard InChI is InChI=1S/C9H14O2/c1-2-11-8-5-6-3-4-7(8)9(6)10/h3-4,6-10H,2,5H2,1H3. The van der Waals surface area contributed by atoms with Crippen molar-refractivity contribution >= 4 is 0 Å². The minimum Gasteiger partial charge on any atom is -0.392 e. The van der Waals surface area contributed by atoms with Gasteiger partial charge in [-0.25, -0.2) is 0 Å². The van der Waals surface area contributed by atoms with Gasteiger partial charge in [-0.3, -0.25) is 0 Å². The summed E-state index contributed by atoms with van der Waals surface area (Å²) in [5, 5.41) is 9.58. The molecule has 2 aliphatic rings. The van der Waals surface area contributed by atoms with E-state index in [4.69, 9.17) is 4.74 Å². The molecular weight excluding hydrogens is 140 g/mol. The van der Waals surface area contributed by atoms with Gasteiger partial charge >= 0.3 is 0 Å². The Kier molecular flexibility index (Phi) is 1.74. The van der Waals surface area contributed by atoms with E-state index in [0.29, 0.717) is 5.92 Å². The SMILES string of the molecule is CCOC1CC2C=CC1C2O. The molecule has 62 valence electrons. The molecule has 0 heterocycles. The molecule has 0 spiro atoms. The number of ether oxygens (including phenoxy) is 1. The molecule has 1 fully saturated rings. The highest BCUT2D eigenvalue weighted by Crippen LogP contribution is 2.40. The van der Waals surface area contributed by atoms with Gasteiger partial charge in [-0.05, 0) is 13.3 Å². The smallest absolute Gasteiger partial charge is 0.0691 e. The monoisotopic (exact) mass is 154 g/mol. The van der Waals surface area contributed by atoms with E-state index in [1.165, 1.54) is 0 Å². The van der Waals surface area contributed by atoms with Crippen LogP contribution in [0.2, 0.25) is 0 Å². The van der Waals surface area contributed by atoms with Crippen molar-refractivity contribution in [2.45, 2.75) is 25.6 Å². The maximum absolute atomic E-state index is 9.58. The number of hydrogen-bond donors (Lipinski definition) is 1. The quantitative estimate of drug-likeness (QED) is 0.600. The molecule has 11 heavy (non-hydrogen) atoms. The van der Waals surface area contributed by atoms with Gasteiger partial charge in [-0.1, -0.05) is 12.2 Å². The number of rotatable bonds is 2. The summed E-state index contributed by atoms with van der Waals surface area (Å²) in [6, 6.07) is 0. The van der Waals surface area contributed by atoms with Gasteiger partial charge in [0.15, 0.2) is 0 Å². The van der Waals surface area contributed by atoms with Crippen LogP contribution < -0.4 is 0 Å². The van der Waals surface area contributed by atoms with Crippen LogP contribution in [0.5, 0.6) is 0 Å². The van der Waals surface area contributed by atoms with E-state index >= 15 is 0 Å². The van der Waals surface area contributed by atoms with E-state index in [1.807, 2.05) is 6.92 Å². The van der Waals surface area contributed by atoms with E-state index in [-0.39, 0.29) is 18.1 Å². The molecule has 2 rings (SSSR count). The normalized spacial score (nSPS) is 47.1. The van der Waals surface area contributed by atoms with Crippen molar-refractivity contribution < 1.29 is 9.84 Å². The zero-order valence-electron chi connectivity index (χ0n) is 6.73. The second-order valence-corrected chi connectivity index (χ2v) is 3.35. The third-order valence-electron chi connectivity index (χ3n) is 2.73. The lowest BCUT2D eigenvalue weighted by atomic mass is 10.0. The molecule has 2 bridgehead atoms. The van der Waals surface area contributed by atoms with E-state index in [2.05, 4.69) is 12.2 Å². The van der Waals surface area contributed by atoms with Crippen LogP contribution in [0.3, 0.4) is 0 Å². The molecule has 0 aromatic heterocycles. The fourth-order valence-electron chi connectivity index (χ4n) is 2.16. The third-order valence-corrected chi connectivity index (χ3v) is 2.73. The van der Waals surface area contributed by atoms with Crippen LogP contribution in [-0.2, 0) is 4.74 Å². The fourth-order valence-corrected chi connectivity index (χ4v) is 2.16. The Morgan fingerprint density at radius 2 is 2.36 bits per heavy atom. The molecular formula is C9H14O2. The number of aliphatic hydroxyl groups excluding tert-OH is 1. The summed E-state index contributed by atoms with van der Waals surface area (Å²) in [5.41, 5.74) is 0. The molecule has 1 saturated carbocycles. The lowest BCUT2D eigenvalue weighted by Crippen LogP contribution is -2.22. The van der Waals surface area contributed by atoms with Gasteiger partial charge in [0, 0.05) is 18.4 Å². The van der Waals surface area contributed by atoms with Gasteiger partial charge in [0.25, 0.3) is 0 Å². The Bertz CT molecular complexity index is 176. The minimum absolute atomic E-state index is 0.161. The van der Waals surface area contributed by atoms with Crippen molar-refractivity contribution in [1.82, 2.24) is 0 Å². The molecule has 2 nitrogen and oxygen atoms in total. The zero-order chi connectivity index (χ0) is 7.84. The summed E-state index contributed by atoms with van der Waals surface area (Å²) in [4.78, 5) is 0. The first-order valence-corrected chi connectivity index (χ1v) is 4.31.